The summed E-state index contributed by atoms with van der Waals surface area (Å²) >= 11 is 3.58. The van der Waals surface area contributed by atoms with Gasteiger partial charge in [-0.1, -0.05) is 28.1 Å². The van der Waals surface area contributed by atoms with E-state index in [1.165, 1.54) is 12.1 Å². The summed E-state index contributed by atoms with van der Waals surface area (Å²) in [6.07, 6.45) is 0.776. The van der Waals surface area contributed by atoms with Crippen molar-refractivity contribution in [1.29, 1.82) is 0 Å². The number of sulfonamides is 1. The summed E-state index contributed by atoms with van der Waals surface area (Å²) < 4.78 is 34.8. The van der Waals surface area contributed by atoms with Crippen LogP contribution in [0.1, 0.15) is 25.0 Å². The normalized spacial score (nSPS) is 11.4. The zero-order chi connectivity index (χ0) is 19.9. The molecule has 0 saturated carbocycles. The molecule has 2 rings (SSSR count). The molecule has 0 fully saturated rings. The van der Waals surface area contributed by atoms with Gasteiger partial charge in [0.25, 0.3) is 0 Å². The van der Waals surface area contributed by atoms with Crippen molar-refractivity contribution in [2.45, 2.75) is 31.7 Å². The Morgan fingerprint density at radius 1 is 1.04 bits per heavy atom. The second kappa shape index (κ2) is 10.1. The van der Waals surface area contributed by atoms with Gasteiger partial charge in [-0.3, -0.25) is 0 Å². The Hall–Kier alpha value is -1.61. The number of hydrogen-bond donors (Lipinski definition) is 2. The molecule has 27 heavy (non-hydrogen) atoms. The second-order valence-electron chi connectivity index (χ2n) is 5.87. The summed E-state index contributed by atoms with van der Waals surface area (Å²) in [6.45, 7) is 6.45. The molecule has 0 aliphatic rings. The maximum atomic E-state index is 11.3. The first-order valence-electron chi connectivity index (χ1n) is 8.75. The van der Waals surface area contributed by atoms with Gasteiger partial charge >= 0.3 is 0 Å². The van der Waals surface area contributed by atoms with Crippen LogP contribution in [0.3, 0.4) is 0 Å². The molecule has 6 nitrogen and oxygen atoms in total. The number of benzene rings is 2. The highest BCUT2D eigenvalue weighted by Gasteiger charge is 2.11. The van der Waals surface area contributed by atoms with Crippen LogP contribution in [0.2, 0.25) is 0 Å². The summed E-state index contributed by atoms with van der Waals surface area (Å²) in [5, 5.41) is 8.49. The van der Waals surface area contributed by atoms with Gasteiger partial charge in [-0.2, -0.15) is 0 Å². The number of ether oxygens (including phenoxy) is 2. The van der Waals surface area contributed by atoms with Gasteiger partial charge in [0, 0.05) is 11.0 Å². The standard InChI is InChI=1S/C19H25BrN2O4S/c1-3-25-18-11-15(17(20)12-19(18)26-4-2)13-22-10-9-14-5-7-16(8-6-14)27(21,23)24/h5-8,11-12,22H,3-4,9-10,13H2,1-2H3,(H2,21,23,24). The molecule has 0 heterocycles. The number of hydrogen-bond acceptors (Lipinski definition) is 5. The molecular formula is C19H25BrN2O4S. The maximum absolute atomic E-state index is 11.3. The molecule has 0 bridgehead atoms. The minimum Gasteiger partial charge on any atom is -0.490 e. The van der Waals surface area contributed by atoms with Crippen LogP contribution in [0.4, 0.5) is 0 Å². The third-order valence-corrected chi connectivity index (χ3v) is 5.54. The second-order valence-corrected chi connectivity index (χ2v) is 8.29. The lowest BCUT2D eigenvalue weighted by atomic mass is 10.1. The molecule has 2 aromatic carbocycles. The lowest BCUT2D eigenvalue weighted by molar-refractivity contribution is 0.287. The van der Waals surface area contributed by atoms with Crippen LogP contribution < -0.4 is 19.9 Å². The van der Waals surface area contributed by atoms with E-state index in [2.05, 4.69) is 21.2 Å². The first kappa shape index (κ1) is 21.7. The Morgan fingerprint density at radius 3 is 2.19 bits per heavy atom. The Bertz CT molecular complexity index is 855. The van der Waals surface area contributed by atoms with Crippen molar-refractivity contribution in [1.82, 2.24) is 5.32 Å². The molecule has 8 heteroatoms. The quantitative estimate of drug-likeness (QED) is 0.535. The third kappa shape index (κ3) is 6.49. The van der Waals surface area contributed by atoms with Gasteiger partial charge in [0.15, 0.2) is 11.5 Å². The van der Waals surface area contributed by atoms with Crippen LogP contribution in [-0.4, -0.2) is 28.2 Å². The average molecular weight is 457 g/mol. The number of nitrogens with two attached hydrogens (primary N) is 1. The molecule has 148 valence electrons. The van der Waals surface area contributed by atoms with Crippen LogP contribution in [0, 0.1) is 0 Å². The van der Waals surface area contributed by atoms with Crippen molar-refractivity contribution in [3.8, 4) is 11.5 Å². The lowest BCUT2D eigenvalue weighted by Gasteiger charge is -2.14. The van der Waals surface area contributed by atoms with Crippen LogP contribution in [0.5, 0.6) is 11.5 Å². The number of primary sulfonamides is 1. The highest BCUT2D eigenvalue weighted by atomic mass is 79.9. The minimum absolute atomic E-state index is 0.126. The van der Waals surface area contributed by atoms with Gasteiger partial charge in [-0.25, -0.2) is 13.6 Å². The first-order chi connectivity index (χ1) is 12.8. The first-order valence-corrected chi connectivity index (χ1v) is 11.1. The van der Waals surface area contributed by atoms with Crippen LogP contribution in [0.25, 0.3) is 0 Å². The minimum atomic E-state index is -3.65. The summed E-state index contributed by atoms with van der Waals surface area (Å²) in [5.41, 5.74) is 2.11. The highest BCUT2D eigenvalue weighted by Crippen LogP contribution is 2.33. The van der Waals surface area contributed by atoms with E-state index in [-0.39, 0.29) is 4.90 Å². The Labute approximate surface area is 169 Å². The fourth-order valence-electron chi connectivity index (χ4n) is 2.55. The SMILES string of the molecule is CCOc1cc(Br)c(CNCCc2ccc(S(N)(=O)=O)cc2)cc1OCC. The third-order valence-electron chi connectivity index (χ3n) is 3.87. The molecule has 3 N–H and O–H groups in total. The number of nitrogens with one attached hydrogen (secondary N) is 1. The number of rotatable bonds is 10. The molecule has 0 aromatic heterocycles. The van der Waals surface area contributed by atoms with E-state index in [4.69, 9.17) is 14.6 Å². The summed E-state index contributed by atoms with van der Waals surface area (Å²) in [4.78, 5) is 0.126. The van der Waals surface area contributed by atoms with Crippen LogP contribution in [0.15, 0.2) is 45.8 Å². The van der Waals surface area contributed by atoms with Crippen LogP contribution >= 0.6 is 15.9 Å². The molecule has 0 amide bonds. The molecule has 0 saturated heterocycles. The van der Waals surface area contributed by atoms with Crippen molar-refractivity contribution in [2.24, 2.45) is 5.14 Å². The summed E-state index contributed by atoms with van der Waals surface area (Å²) in [6, 6.07) is 10.5. The van der Waals surface area contributed by atoms with Crippen molar-refractivity contribution in [3.63, 3.8) is 0 Å². The molecule has 0 radical (unpaired) electrons. The average Bonchev–Trinajstić information content (AvgIpc) is 2.62. The lowest BCUT2D eigenvalue weighted by Crippen LogP contribution is -2.17. The molecular weight excluding hydrogens is 432 g/mol. The van der Waals surface area contributed by atoms with Gasteiger partial charge in [0.2, 0.25) is 10.0 Å². The Kier molecular flexibility index (Phi) is 8.09. The predicted octanol–water partition coefficient (Wildman–Crippen LogP) is 3.23. The van der Waals surface area contributed by atoms with E-state index >= 15 is 0 Å². The largest absolute Gasteiger partial charge is 0.490 e. The zero-order valence-corrected chi connectivity index (χ0v) is 17.9. The van der Waals surface area contributed by atoms with Gasteiger partial charge in [-0.05, 0) is 62.2 Å². The molecule has 0 unspecified atom stereocenters. The zero-order valence-electron chi connectivity index (χ0n) is 15.5. The van der Waals surface area contributed by atoms with E-state index in [1.54, 1.807) is 12.1 Å². The molecule has 0 spiro atoms. The monoisotopic (exact) mass is 456 g/mol. The van der Waals surface area contributed by atoms with Gasteiger partial charge < -0.3 is 14.8 Å². The summed E-state index contributed by atoms with van der Waals surface area (Å²) in [5.74, 6) is 1.46. The maximum Gasteiger partial charge on any atom is 0.238 e. The van der Waals surface area contributed by atoms with Crippen molar-refractivity contribution >= 4 is 26.0 Å². The van der Waals surface area contributed by atoms with E-state index in [0.717, 1.165) is 40.1 Å². The molecule has 0 aliphatic heterocycles. The number of halogens is 1. The van der Waals surface area contributed by atoms with Gasteiger partial charge in [0.05, 0.1) is 18.1 Å². The topological polar surface area (TPSA) is 90.6 Å². The Morgan fingerprint density at radius 2 is 1.63 bits per heavy atom. The smallest absolute Gasteiger partial charge is 0.238 e. The van der Waals surface area contributed by atoms with Crippen molar-refractivity contribution in [3.05, 3.63) is 52.0 Å². The fraction of sp³-hybridized carbons (Fsp3) is 0.368. The van der Waals surface area contributed by atoms with E-state index in [9.17, 15) is 8.42 Å². The highest BCUT2D eigenvalue weighted by molar-refractivity contribution is 9.10. The van der Waals surface area contributed by atoms with E-state index in [0.29, 0.717) is 19.8 Å². The van der Waals surface area contributed by atoms with Gasteiger partial charge in [0.1, 0.15) is 0 Å². The molecule has 0 aliphatic carbocycles. The van der Waals surface area contributed by atoms with Crippen molar-refractivity contribution in [2.75, 3.05) is 19.8 Å². The predicted molar refractivity (Wildman–Crippen MR) is 110 cm³/mol. The van der Waals surface area contributed by atoms with E-state index < -0.39 is 10.0 Å². The van der Waals surface area contributed by atoms with Crippen LogP contribution in [-0.2, 0) is 23.0 Å². The van der Waals surface area contributed by atoms with Gasteiger partial charge in [-0.15, -0.1) is 0 Å². The fourth-order valence-corrected chi connectivity index (χ4v) is 3.53. The molecule has 2 aromatic rings. The Balaban J connectivity index is 1.93. The van der Waals surface area contributed by atoms with E-state index in [1.807, 2.05) is 26.0 Å². The van der Waals surface area contributed by atoms with Crippen molar-refractivity contribution < 1.29 is 17.9 Å². The summed E-state index contributed by atoms with van der Waals surface area (Å²) in [7, 11) is -3.65. The molecule has 0 atom stereocenters.